The molecule has 74 valence electrons. The number of aromatic nitrogens is 1. The molecule has 0 spiro atoms. The minimum Gasteiger partial charge on any atom is -0.383 e. The quantitative estimate of drug-likeness (QED) is 0.808. The average Bonchev–Trinajstić information content (AvgIpc) is 2.43. The fourth-order valence-corrected chi connectivity index (χ4v) is 1.83. The Kier molecular flexibility index (Phi) is 3.84. The Morgan fingerprint density at radius 2 is 2.23 bits per heavy atom. The second-order valence-corrected chi connectivity index (χ2v) is 4.10. The summed E-state index contributed by atoms with van der Waals surface area (Å²) in [6.45, 7) is 6.82. The van der Waals surface area contributed by atoms with E-state index in [2.05, 4.69) is 4.98 Å². The second kappa shape index (κ2) is 4.69. The van der Waals surface area contributed by atoms with Gasteiger partial charge in [-0.15, -0.1) is 11.3 Å². The summed E-state index contributed by atoms with van der Waals surface area (Å²) in [6.07, 6.45) is -0.572. The van der Waals surface area contributed by atoms with Crippen molar-refractivity contribution >= 4 is 11.3 Å². The van der Waals surface area contributed by atoms with E-state index in [1.165, 1.54) is 11.3 Å². The molecule has 0 aliphatic carbocycles. The zero-order chi connectivity index (χ0) is 9.84. The highest BCUT2D eigenvalue weighted by atomic mass is 32.1. The Morgan fingerprint density at radius 3 is 2.69 bits per heavy atom. The standard InChI is InChI=1S/C9H15NO2S/c1-4-12-5-8(11)9-10-6(2)7(3)13-9/h8,11H,4-5H2,1-3H3. The van der Waals surface area contributed by atoms with Crippen LogP contribution in [0.1, 0.15) is 28.6 Å². The van der Waals surface area contributed by atoms with Crippen molar-refractivity contribution < 1.29 is 9.84 Å². The van der Waals surface area contributed by atoms with Crippen molar-refractivity contribution in [2.45, 2.75) is 26.9 Å². The molecule has 0 saturated carbocycles. The van der Waals surface area contributed by atoms with Gasteiger partial charge in [0.15, 0.2) is 0 Å². The number of rotatable bonds is 4. The van der Waals surface area contributed by atoms with Crippen molar-refractivity contribution in [1.29, 1.82) is 0 Å². The van der Waals surface area contributed by atoms with Crippen LogP contribution in [0.2, 0.25) is 0 Å². The number of hydrogen-bond acceptors (Lipinski definition) is 4. The first-order chi connectivity index (χ1) is 6.15. The monoisotopic (exact) mass is 201 g/mol. The van der Waals surface area contributed by atoms with E-state index in [1.807, 2.05) is 20.8 Å². The van der Waals surface area contributed by atoms with Crippen molar-refractivity contribution in [2.24, 2.45) is 0 Å². The maximum absolute atomic E-state index is 9.61. The van der Waals surface area contributed by atoms with E-state index in [-0.39, 0.29) is 0 Å². The lowest BCUT2D eigenvalue weighted by atomic mass is 10.4. The van der Waals surface area contributed by atoms with Crippen LogP contribution in [0.25, 0.3) is 0 Å². The van der Waals surface area contributed by atoms with Gasteiger partial charge in [-0.1, -0.05) is 0 Å². The molecule has 13 heavy (non-hydrogen) atoms. The molecule has 0 bridgehead atoms. The van der Waals surface area contributed by atoms with Gasteiger partial charge in [0.1, 0.15) is 11.1 Å². The van der Waals surface area contributed by atoms with E-state index in [1.54, 1.807) is 0 Å². The van der Waals surface area contributed by atoms with Crippen LogP contribution in [0.3, 0.4) is 0 Å². The lowest BCUT2D eigenvalue weighted by Crippen LogP contribution is -2.06. The van der Waals surface area contributed by atoms with Crippen LogP contribution in [0.5, 0.6) is 0 Å². The van der Waals surface area contributed by atoms with Crippen LogP contribution in [-0.4, -0.2) is 23.3 Å². The molecular weight excluding hydrogens is 186 g/mol. The zero-order valence-corrected chi connectivity index (χ0v) is 9.02. The molecule has 1 aromatic rings. The van der Waals surface area contributed by atoms with Gasteiger partial charge < -0.3 is 9.84 Å². The van der Waals surface area contributed by atoms with Crippen molar-refractivity contribution in [2.75, 3.05) is 13.2 Å². The van der Waals surface area contributed by atoms with Crippen LogP contribution in [0.15, 0.2) is 0 Å². The molecule has 1 N–H and O–H groups in total. The van der Waals surface area contributed by atoms with Gasteiger partial charge in [0, 0.05) is 11.5 Å². The van der Waals surface area contributed by atoms with Gasteiger partial charge in [-0.05, 0) is 20.8 Å². The summed E-state index contributed by atoms with van der Waals surface area (Å²) >= 11 is 1.53. The van der Waals surface area contributed by atoms with Gasteiger partial charge in [-0.3, -0.25) is 0 Å². The first kappa shape index (κ1) is 10.6. The topological polar surface area (TPSA) is 42.4 Å². The summed E-state index contributed by atoms with van der Waals surface area (Å²) in [5.41, 5.74) is 0.996. The average molecular weight is 201 g/mol. The third-order valence-electron chi connectivity index (χ3n) is 1.81. The predicted octanol–water partition coefficient (Wildman–Crippen LogP) is 1.83. The molecule has 1 atom stereocenters. The van der Waals surface area contributed by atoms with E-state index >= 15 is 0 Å². The summed E-state index contributed by atoms with van der Waals surface area (Å²) in [6, 6.07) is 0. The molecule has 1 rings (SSSR count). The third kappa shape index (κ3) is 2.76. The van der Waals surface area contributed by atoms with Gasteiger partial charge in [-0.25, -0.2) is 4.98 Å². The molecule has 1 aromatic heterocycles. The third-order valence-corrected chi connectivity index (χ3v) is 2.98. The summed E-state index contributed by atoms with van der Waals surface area (Å²) in [7, 11) is 0. The lowest BCUT2D eigenvalue weighted by Gasteiger charge is -2.05. The van der Waals surface area contributed by atoms with E-state index < -0.39 is 6.10 Å². The molecular formula is C9H15NO2S. The van der Waals surface area contributed by atoms with Gasteiger partial charge >= 0.3 is 0 Å². The Morgan fingerprint density at radius 1 is 1.54 bits per heavy atom. The Labute approximate surface area is 82.4 Å². The van der Waals surface area contributed by atoms with Gasteiger partial charge in [0.05, 0.1) is 12.3 Å². The first-order valence-corrected chi connectivity index (χ1v) is 5.16. The van der Waals surface area contributed by atoms with Crippen LogP contribution < -0.4 is 0 Å². The summed E-state index contributed by atoms with van der Waals surface area (Å²) in [5, 5.41) is 10.4. The normalized spacial score (nSPS) is 13.2. The van der Waals surface area contributed by atoms with Crippen molar-refractivity contribution in [3.8, 4) is 0 Å². The highest BCUT2D eigenvalue weighted by molar-refractivity contribution is 7.11. The van der Waals surface area contributed by atoms with Crippen LogP contribution in [-0.2, 0) is 4.74 Å². The molecule has 1 heterocycles. The van der Waals surface area contributed by atoms with Crippen molar-refractivity contribution in [1.82, 2.24) is 4.98 Å². The molecule has 4 heteroatoms. The Balaban J connectivity index is 2.60. The molecule has 0 aliphatic rings. The number of hydrogen-bond donors (Lipinski definition) is 1. The molecule has 0 radical (unpaired) electrons. The number of aryl methyl sites for hydroxylation is 2. The number of ether oxygens (including phenoxy) is 1. The SMILES string of the molecule is CCOCC(O)c1nc(C)c(C)s1. The van der Waals surface area contributed by atoms with Crippen molar-refractivity contribution in [3.05, 3.63) is 15.6 Å². The summed E-state index contributed by atoms with van der Waals surface area (Å²) in [4.78, 5) is 5.41. The highest BCUT2D eigenvalue weighted by Crippen LogP contribution is 2.22. The van der Waals surface area contributed by atoms with E-state index in [0.29, 0.717) is 13.2 Å². The number of aliphatic hydroxyl groups excluding tert-OH is 1. The first-order valence-electron chi connectivity index (χ1n) is 4.35. The summed E-state index contributed by atoms with van der Waals surface area (Å²) < 4.78 is 5.12. The van der Waals surface area contributed by atoms with Gasteiger partial charge in [-0.2, -0.15) is 0 Å². The molecule has 0 aromatic carbocycles. The van der Waals surface area contributed by atoms with Gasteiger partial charge in [0.25, 0.3) is 0 Å². The maximum Gasteiger partial charge on any atom is 0.129 e. The molecule has 1 unspecified atom stereocenters. The van der Waals surface area contributed by atoms with Crippen molar-refractivity contribution in [3.63, 3.8) is 0 Å². The second-order valence-electron chi connectivity index (χ2n) is 2.87. The highest BCUT2D eigenvalue weighted by Gasteiger charge is 2.12. The minimum absolute atomic E-state index is 0.336. The lowest BCUT2D eigenvalue weighted by molar-refractivity contribution is 0.0418. The molecule has 0 saturated heterocycles. The zero-order valence-electron chi connectivity index (χ0n) is 8.20. The molecule has 0 fully saturated rings. The molecule has 3 nitrogen and oxygen atoms in total. The van der Waals surface area contributed by atoms with E-state index in [0.717, 1.165) is 15.6 Å². The Bertz CT molecular complexity index is 253. The molecule has 0 aliphatic heterocycles. The number of nitrogens with zero attached hydrogens (tertiary/aromatic N) is 1. The minimum atomic E-state index is -0.572. The van der Waals surface area contributed by atoms with Crippen LogP contribution >= 0.6 is 11.3 Å². The maximum atomic E-state index is 9.61. The van der Waals surface area contributed by atoms with E-state index in [9.17, 15) is 5.11 Å². The van der Waals surface area contributed by atoms with Gasteiger partial charge in [0.2, 0.25) is 0 Å². The smallest absolute Gasteiger partial charge is 0.129 e. The molecule has 0 amide bonds. The largest absolute Gasteiger partial charge is 0.383 e. The van der Waals surface area contributed by atoms with Crippen LogP contribution in [0.4, 0.5) is 0 Å². The summed E-state index contributed by atoms with van der Waals surface area (Å²) in [5.74, 6) is 0. The predicted molar refractivity (Wildman–Crippen MR) is 53.0 cm³/mol. The van der Waals surface area contributed by atoms with E-state index in [4.69, 9.17) is 4.74 Å². The fraction of sp³-hybridized carbons (Fsp3) is 0.667. The fourth-order valence-electron chi connectivity index (χ4n) is 0.941. The van der Waals surface area contributed by atoms with Crippen LogP contribution in [0, 0.1) is 13.8 Å². The number of aliphatic hydroxyl groups is 1. The Hall–Kier alpha value is -0.450. The number of thiazole rings is 1.